The normalized spacial score (nSPS) is 24.7. The van der Waals surface area contributed by atoms with Gasteiger partial charge in [-0.1, -0.05) is 77.6 Å². The van der Waals surface area contributed by atoms with E-state index >= 15 is 0 Å². The van der Waals surface area contributed by atoms with Gasteiger partial charge in [0.15, 0.2) is 0 Å². The lowest BCUT2D eigenvalue weighted by molar-refractivity contribution is -0.0938. The molecule has 1 fully saturated rings. The first-order valence-corrected chi connectivity index (χ1v) is 10.4. The minimum Gasteiger partial charge on any atom is -0.394 e. The third-order valence-corrected chi connectivity index (χ3v) is 5.04. The SMILES string of the molecule is CCCCCCCCCCCCCCO[C@@H]1[C@H]([C@@H](O)CO)OC[C@H]1O. The first kappa shape index (κ1) is 22.8. The zero-order valence-electron chi connectivity index (χ0n) is 16.1. The maximum absolute atomic E-state index is 9.85. The lowest BCUT2D eigenvalue weighted by atomic mass is 10.1. The van der Waals surface area contributed by atoms with Crippen LogP contribution in [-0.4, -0.2) is 59.6 Å². The van der Waals surface area contributed by atoms with Crippen molar-refractivity contribution in [1.82, 2.24) is 0 Å². The molecule has 1 aliphatic rings. The van der Waals surface area contributed by atoms with Crippen LogP contribution in [-0.2, 0) is 9.47 Å². The Bertz CT molecular complexity index is 300. The van der Waals surface area contributed by atoms with Gasteiger partial charge in [0.05, 0.1) is 13.2 Å². The summed E-state index contributed by atoms with van der Waals surface area (Å²) in [7, 11) is 0. The van der Waals surface area contributed by atoms with Gasteiger partial charge in [-0.2, -0.15) is 0 Å². The fourth-order valence-electron chi connectivity index (χ4n) is 3.42. The summed E-state index contributed by atoms with van der Waals surface area (Å²) in [5.41, 5.74) is 0. The molecule has 5 nitrogen and oxygen atoms in total. The molecule has 1 aliphatic heterocycles. The Morgan fingerprint density at radius 3 is 1.96 bits per heavy atom. The summed E-state index contributed by atoms with van der Waals surface area (Å²) in [6.45, 7) is 2.60. The summed E-state index contributed by atoms with van der Waals surface area (Å²) in [6.07, 6.45) is 12.7. The van der Waals surface area contributed by atoms with Gasteiger partial charge in [0.2, 0.25) is 0 Å². The third kappa shape index (κ3) is 9.90. The molecule has 1 heterocycles. The van der Waals surface area contributed by atoms with Gasteiger partial charge >= 0.3 is 0 Å². The van der Waals surface area contributed by atoms with Crippen LogP contribution in [0.5, 0.6) is 0 Å². The summed E-state index contributed by atoms with van der Waals surface area (Å²) < 4.78 is 11.0. The molecule has 0 aromatic heterocycles. The molecule has 0 unspecified atom stereocenters. The molecule has 5 heteroatoms. The van der Waals surface area contributed by atoms with E-state index in [0.29, 0.717) is 6.61 Å². The fraction of sp³-hybridized carbons (Fsp3) is 1.00. The summed E-state index contributed by atoms with van der Waals surface area (Å²) in [6, 6.07) is 0. The standard InChI is InChI=1S/C20H40O5/c1-2-3-4-5-6-7-8-9-10-11-12-13-14-24-20-18(23)16-25-19(20)17(22)15-21/h17-23H,2-16H2,1H3/t17-,18+,19-,20-/m0/s1. The third-order valence-electron chi connectivity index (χ3n) is 5.04. The smallest absolute Gasteiger partial charge is 0.114 e. The highest BCUT2D eigenvalue weighted by Crippen LogP contribution is 2.21. The molecule has 0 aromatic rings. The van der Waals surface area contributed by atoms with E-state index in [4.69, 9.17) is 14.6 Å². The zero-order chi connectivity index (χ0) is 18.3. The van der Waals surface area contributed by atoms with Crippen LogP contribution < -0.4 is 0 Å². The second-order valence-corrected chi connectivity index (χ2v) is 7.34. The molecule has 1 saturated heterocycles. The van der Waals surface area contributed by atoms with E-state index in [-0.39, 0.29) is 13.2 Å². The van der Waals surface area contributed by atoms with Crippen molar-refractivity contribution in [2.45, 2.75) is 108 Å². The van der Waals surface area contributed by atoms with Crippen molar-refractivity contribution < 1.29 is 24.8 Å². The number of aliphatic hydroxyl groups is 3. The first-order chi connectivity index (χ1) is 12.2. The molecular weight excluding hydrogens is 320 g/mol. The van der Waals surface area contributed by atoms with Crippen LogP contribution in [0.4, 0.5) is 0 Å². The highest BCUT2D eigenvalue weighted by Gasteiger charge is 2.40. The van der Waals surface area contributed by atoms with Gasteiger partial charge in [-0.05, 0) is 6.42 Å². The van der Waals surface area contributed by atoms with E-state index in [1.165, 1.54) is 64.2 Å². The number of ether oxygens (including phenoxy) is 2. The second kappa shape index (κ2) is 14.9. The second-order valence-electron chi connectivity index (χ2n) is 7.34. The lowest BCUT2D eigenvalue weighted by Crippen LogP contribution is -2.42. The number of hydrogen-bond donors (Lipinski definition) is 3. The number of unbranched alkanes of at least 4 members (excludes halogenated alkanes) is 11. The van der Waals surface area contributed by atoms with Gasteiger partial charge in [-0.3, -0.25) is 0 Å². The van der Waals surface area contributed by atoms with Crippen molar-refractivity contribution in [2.75, 3.05) is 19.8 Å². The average molecular weight is 361 g/mol. The molecule has 0 spiro atoms. The van der Waals surface area contributed by atoms with E-state index in [0.717, 1.165) is 12.8 Å². The van der Waals surface area contributed by atoms with Gasteiger partial charge in [-0.15, -0.1) is 0 Å². The lowest BCUT2D eigenvalue weighted by Gasteiger charge is -2.23. The predicted octanol–water partition coefficient (Wildman–Crippen LogP) is 3.19. The summed E-state index contributed by atoms with van der Waals surface area (Å²) in [5, 5.41) is 28.6. The number of aliphatic hydroxyl groups excluding tert-OH is 3. The van der Waals surface area contributed by atoms with Gasteiger partial charge in [0.1, 0.15) is 24.4 Å². The van der Waals surface area contributed by atoms with Crippen LogP contribution in [0, 0.1) is 0 Å². The molecule has 0 amide bonds. The minimum atomic E-state index is -0.996. The zero-order valence-corrected chi connectivity index (χ0v) is 16.1. The molecular formula is C20H40O5. The Labute approximate surface area is 153 Å². The van der Waals surface area contributed by atoms with Gasteiger partial charge < -0.3 is 24.8 Å². The Morgan fingerprint density at radius 2 is 1.44 bits per heavy atom. The summed E-state index contributed by atoms with van der Waals surface area (Å²) >= 11 is 0. The van der Waals surface area contributed by atoms with Crippen molar-refractivity contribution in [3.8, 4) is 0 Å². The van der Waals surface area contributed by atoms with Crippen molar-refractivity contribution in [2.24, 2.45) is 0 Å². The van der Waals surface area contributed by atoms with E-state index in [2.05, 4.69) is 6.92 Å². The number of hydrogen-bond acceptors (Lipinski definition) is 5. The van der Waals surface area contributed by atoms with Crippen LogP contribution in [0.15, 0.2) is 0 Å². The highest BCUT2D eigenvalue weighted by atomic mass is 16.6. The highest BCUT2D eigenvalue weighted by molar-refractivity contribution is 4.89. The number of rotatable bonds is 16. The van der Waals surface area contributed by atoms with Crippen LogP contribution in [0.2, 0.25) is 0 Å². The largest absolute Gasteiger partial charge is 0.394 e. The first-order valence-electron chi connectivity index (χ1n) is 10.4. The van der Waals surface area contributed by atoms with E-state index < -0.39 is 24.4 Å². The van der Waals surface area contributed by atoms with Crippen molar-refractivity contribution in [3.63, 3.8) is 0 Å². The molecule has 0 aromatic carbocycles. The van der Waals surface area contributed by atoms with Crippen LogP contribution >= 0.6 is 0 Å². The van der Waals surface area contributed by atoms with E-state index in [9.17, 15) is 10.2 Å². The Morgan fingerprint density at radius 1 is 0.920 bits per heavy atom. The molecule has 3 N–H and O–H groups in total. The molecule has 0 radical (unpaired) electrons. The van der Waals surface area contributed by atoms with Crippen molar-refractivity contribution in [1.29, 1.82) is 0 Å². The monoisotopic (exact) mass is 360 g/mol. The Hall–Kier alpha value is -0.200. The molecule has 1 rings (SSSR count). The topological polar surface area (TPSA) is 79.2 Å². The Kier molecular flexibility index (Phi) is 13.6. The molecule has 4 atom stereocenters. The van der Waals surface area contributed by atoms with Crippen LogP contribution in [0.25, 0.3) is 0 Å². The van der Waals surface area contributed by atoms with Gasteiger partial charge in [0, 0.05) is 6.61 Å². The quantitative estimate of drug-likeness (QED) is 0.368. The minimum absolute atomic E-state index is 0.158. The van der Waals surface area contributed by atoms with Gasteiger partial charge in [0.25, 0.3) is 0 Å². The molecule has 25 heavy (non-hydrogen) atoms. The van der Waals surface area contributed by atoms with E-state index in [1.807, 2.05) is 0 Å². The predicted molar refractivity (Wildman–Crippen MR) is 99.7 cm³/mol. The molecule has 0 saturated carbocycles. The van der Waals surface area contributed by atoms with Crippen LogP contribution in [0.3, 0.4) is 0 Å². The Balaban J connectivity index is 1.91. The summed E-state index contributed by atoms with van der Waals surface area (Å²) in [4.78, 5) is 0. The van der Waals surface area contributed by atoms with E-state index in [1.54, 1.807) is 0 Å². The van der Waals surface area contributed by atoms with Gasteiger partial charge in [-0.25, -0.2) is 0 Å². The fourth-order valence-corrected chi connectivity index (χ4v) is 3.42. The average Bonchev–Trinajstić information content (AvgIpc) is 2.99. The molecule has 150 valence electrons. The molecule has 0 bridgehead atoms. The van der Waals surface area contributed by atoms with Crippen molar-refractivity contribution >= 4 is 0 Å². The van der Waals surface area contributed by atoms with Crippen LogP contribution in [0.1, 0.15) is 84.0 Å². The molecule has 0 aliphatic carbocycles. The maximum Gasteiger partial charge on any atom is 0.114 e. The summed E-state index contributed by atoms with van der Waals surface area (Å²) in [5.74, 6) is 0. The maximum atomic E-state index is 9.85. The van der Waals surface area contributed by atoms with Crippen molar-refractivity contribution in [3.05, 3.63) is 0 Å².